The Balaban J connectivity index is 2.13. The Bertz CT molecular complexity index is 582. The minimum atomic E-state index is 0.231. The van der Waals surface area contributed by atoms with E-state index < -0.39 is 0 Å². The van der Waals surface area contributed by atoms with Crippen molar-refractivity contribution in [3.63, 3.8) is 0 Å². The zero-order valence-corrected chi connectivity index (χ0v) is 12.0. The smallest absolute Gasteiger partial charge is 0.127 e. The van der Waals surface area contributed by atoms with Crippen molar-refractivity contribution in [1.82, 2.24) is 0 Å². The van der Waals surface area contributed by atoms with Gasteiger partial charge in [-0.15, -0.1) is 0 Å². The van der Waals surface area contributed by atoms with Crippen LogP contribution in [0.2, 0.25) is 0 Å². The molecule has 0 atom stereocenters. The average Bonchev–Trinajstić information content (AvgIpc) is 2.45. The normalized spacial score (nSPS) is 10.1. The molecule has 0 radical (unpaired) electrons. The first-order valence-electron chi connectivity index (χ1n) is 6.77. The zero-order chi connectivity index (χ0) is 14.4. The average molecular weight is 268 g/mol. The van der Waals surface area contributed by atoms with Gasteiger partial charge < -0.3 is 9.84 Å². The summed E-state index contributed by atoms with van der Waals surface area (Å²) < 4.78 is 5.85. The second kappa shape index (κ2) is 6.80. The lowest BCUT2D eigenvalue weighted by atomic mass is 10.1. The van der Waals surface area contributed by atoms with Crippen molar-refractivity contribution in [1.29, 1.82) is 0 Å². The molecule has 1 N–H and O–H groups in total. The first-order chi connectivity index (χ1) is 9.65. The highest BCUT2D eigenvalue weighted by Crippen LogP contribution is 2.26. The lowest BCUT2D eigenvalue weighted by Crippen LogP contribution is -1.98. The molecule has 0 spiro atoms. The van der Waals surface area contributed by atoms with Gasteiger partial charge in [-0.05, 0) is 37.5 Å². The van der Waals surface area contributed by atoms with E-state index >= 15 is 0 Å². The minimum Gasteiger partial charge on any atom is -0.508 e. The standard InChI is InChI=1S/C18H20O2/c1-14(2)8-9-16-10-11-17(19)12-18(16)20-13-15-6-4-3-5-7-15/h3-8,10-12,19H,9,13H2,1-2H3. The van der Waals surface area contributed by atoms with Gasteiger partial charge in [-0.25, -0.2) is 0 Å². The van der Waals surface area contributed by atoms with E-state index in [0.717, 1.165) is 23.3 Å². The Morgan fingerprint density at radius 3 is 2.55 bits per heavy atom. The third kappa shape index (κ3) is 4.16. The Morgan fingerprint density at radius 2 is 1.85 bits per heavy atom. The summed E-state index contributed by atoms with van der Waals surface area (Å²) in [6.45, 7) is 4.65. The van der Waals surface area contributed by atoms with Crippen molar-refractivity contribution in [2.75, 3.05) is 0 Å². The number of rotatable bonds is 5. The molecule has 2 nitrogen and oxygen atoms in total. The van der Waals surface area contributed by atoms with Crippen molar-refractivity contribution in [3.8, 4) is 11.5 Å². The van der Waals surface area contributed by atoms with Crippen LogP contribution in [0.4, 0.5) is 0 Å². The summed E-state index contributed by atoms with van der Waals surface area (Å²) in [7, 11) is 0. The van der Waals surface area contributed by atoms with Crippen LogP contribution in [0.25, 0.3) is 0 Å². The van der Waals surface area contributed by atoms with Gasteiger partial charge in [-0.2, -0.15) is 0 Å². The fourth-order valence-corrected chi connectivity index (χ4v) is 1.90. The number of allylic oxidation sites excluding steroid dienone is 2. The molecular weight excluding hydrogens is 248 g/mol. The molecule has 0 unspecified atom stereocenters. The molecule has 0 aliphatic carbocycles. The van der Waals surface area contributed by atoms with Gasteiger partial charge in [0.05, 0.1) is 0 Å². The number of hydrogen-bond acceptors (Lipinski definition) is 2. The number of benzene rings is 2. The summed E-state index contributed by atoms with van der Waals surface area (Å²) in [5, 5.41) is 9.62. The maximum atomic E-state index is 9.62. The summed E-state index contributed by atoms with van der Waals surface area (Å²) >= 11 is 0. The molecule has 104 valence electrons. The van der Waals surface area contributed by atoms with Crippen LogP contribution in [0.5, 0.6) is 11.5 Å². The molecule has 2 heteroatoms. The minimum absolute atomic E-state index is 0.231. The Kier molecular flexibility index (Phi) is 4.83. The molecule has 2 rings (SSSR count). The van der Waals surface area contributed by atoms with Crippen molar-refractivity contribution < 1.29 is 9.84 Å². The maximum Gasteiger partial charge on any atom is 0.127 e. The molecule has 2 aromatic carbocycles. The highest BCUT2D eigenvalue weighted by Gasteiger charge is 2.05. The van der Waals surface area contributed by atoms with Crippen LogP contribution in [0.3, 0.4) is 0 Å². The van der Waals surface area contributed by atoms with Gasteiger partial charge in [0.2, 0.25) is 0 Å². The van der Waals surface area contributed by atoms with Gasteiger partial charge in [0.25, 0.3) is 0 Å². The summed E-state index contributed by atoms with van der Waals surface area (Å²) in [6, 6.07) is 15.3. The number of aromatic hydroxyl groups is 1. The fraction of sp³-hybridized carbons (Fsp3) is 0.222. The van der Waals surface area contributed by atoms with Gasteiger partial charge in [0.15, 0.2) is 0 Å². The maximum absolute atomic E-state index is 9.62. The van der Waals surface area contributed by atoms with E-state index in [1.807, 2.05) is 36.4 Å². The SMILES string of the molecule is CC(C)=CCc1ccc(O)cc1OCc1ccccc1. The molecule has 0 fully saturated rings. The van der Waals surface area contributed by atoms with Crippen molar-refractivity contribution in [2.45, 2.75) is 26.9 Å². The molecule has 0 saturated heterocycles. The van der Waals surface area contributed by atoms with Crippen LogP contribution >= 0.6 is 0 Å². The van der Waals surface area contributed by atoms with Crippen LogP contribution in [0.15, 0.2) is 60.2 Å². The molecule has 2 aromatic rings. The van der Waals surface area contributed by atoms with Crippen LogP contribution in [0, 0.1) is 0 Å². The quantitative estimate of drug-likeness (QED) is 0.810. The molecule has 0 bridgehead atoms. The molecule has 0 aromatic heterocycles. The highest BCUT2D eigenvalue weighted by atomic mass is 16.5. The Morgan fingerprint density at radius 1 is 1.10 bits per heavy atom. The van der Waals surface area contributed by atoms with E-state index in [1.165, 1.54) is 5.57 Å². The van der Waals surface area contributed by atoms with Crippen LogP contribution < -0.4 is 4.74 Å². The van der Waals surface area contributed by atoms with E-state index in [2.05, 4.69) is 19.9 Å². The Labute approximate surface area is 120 Å². The number of phenols is 1. The summed E-state index contributed by atoms with van der Waals surface area (Å²) in [6.07, 6.45) is 2.97. The van der Waals surface area contributed by atoms with Crippen LogP contribution in [-0.2, 0) is 13.0 Å². The predicted molar refractivity (Wildman–Crippen MR) is 82.0 cm³/mol. The summed E-state index contributed by atoms with van der Waals surface area (Å²) in [4.78, 5) is 0. The van der Waals surface area contributed by atoms with Crippen LogP contribution in [-0.4, -0.2) is 5.11 Å². The van der Waals surface area contributed by atoms with Gasteiger partial charge in [0, 0.05) is 6.07 Å². The molecule has 0 amide bonds. The largest absolute Gasteiger partial charge is 0.508 e. The molecule has 20 heavy (non-hydrogen) atoms. The molecule has 0 aliphatic rings. The Hall–Kier alpha value is -2.22. The second-order valence-corrected chi connectivity index (χ2v) is 5.05. The van der Waals surface area contributed by atoms with Gasteiger partial charge in [-0.1, -0.05) is 48.0 Å². The highest BCUT2D eigenvalue weighted by molar-refractivity contribution is 5.41. The first kappa shape index (κ1) is 14.2. The molecular formula is C18H20O2. The van der Waals surface area contributed by atoms with Gasteiger partial charge in [0.1, 0.15) is 18.1 Å². The topological polar surface area (TPSA) is 29.5 Å². The fourth-order valence-electron chi connectivity index (χ4n) is 1.90. The molecule has 0 aliphatic heterocycles. The third-order valence-electron chi connectivity index (χ3n) is 3.02. The first-order valence-corrected chi connectivity index (χ1v) is 6.77. The van der Waals surface area contributed by atoms with Crippen LogP contribution in [0.1, 0.15) is 25.0 Å². The number of hydrogen-bond donors (Lipinski definition) is 1. The lowest BCUT2D eigenvalue weighted by molar-refractivity contribution is 0.301. The predicted octanol–water partition coefficient (Wildman–Crippen LogP) is 4.48. The number of phenolic OH excluding ortho intramolecular Hbond substituents is 1. The molecule has 0 saturated carbocycles. The van der Waals surface area contributed by atoms with E-state index in [4.69, 9.17) is 4.74 Å². The zero-order valence-electron chi connectivity index (χ0n) is 12.0. The van der Waals surface area contributed by atoms with E-state index in [9.17, 15) is 5.11 Å². The summed E-state index contributed by atoms with van der Waals surface area (Å²) in [5.74, 6) is 0.973. The van der Waals surface area contributed by atoms with E-state index in [-0.39, 0.29) is 5.75 Å². The third-order valence-corrected chi connectivity index (χ3v) is 3.02. The van der Waals surface area contributed by atoms with Crippen molar-refractivity contribution >= 4 is 0 Å². The van der Waals surface area contributed by atoms with Gasteiger partial charge >= 0.3 is 0 Å². The second-order valence-electron chi connectivity index (χ2n) is 5.05. The monoisotopic (exact) mass is 268 g/mol. The van der Waals surface area contributed by atoms with E-state index in [1.54, 1.807) is 12.1 Å². The van der Waals surface area contributed by atoms with E-state index in [0.29, 0.717) is 6.61 Å². The number of ether oxygens (including phenoxy) is 1. The van der Waals surface area contributed by atoms with Crippen molar-refractivity contribution in [3.05, 3.63) is 71.3 Å². The molecule has 0 heterocycles. The lowest BCUT2D eigenvalue weighted by Gasteiger charge is -2.11. The summed E-state index contributed by atoms with van der Waals surface area (Å²) in [5.41, 5.74) is 3.47. The van der Waals surface area contributed by atoms with Gasteiger partial charge in [-0.3, -0.25) is 0 Å². The van der Waals surface area contributed by atoms with Crippen molar-refractivity contribution in [2.24, 2.45) is 0 Å².